The minimum absolute atomic E-state index is 0.158. The number of hydrogen-bond acceptors (Lipinski definition) is 5. The zero-order chi connectivity index (χ0) is 9.97. The summed E-state index contributed by atoms with van der Waals surface area (Å²) in [6.45, 7) is 1.41. The minimum Gasteiger partial charge on any atom is -0.368 e. The third kappa shape index (κ3) is 1.72. The Morgan fingerprint density at radius 2 is 2.43 bits per heavy atom. The van der Waals surface area contributed by atoms with Crippen LogP contribution >= 0.6 is 0 Å². The predicted molar refractivity (Wildman–Crippen MR) is 51.7 cm³/mol. The lowest BCUT2D eigenvalue weighted by Gasteiger charge is -2.20. The number of anilines is 1. The molecular weight excluding hydrogens is 180 g/mol. The normalized spacial score (nSPS) is 22.3. The lowest BCUT2D eigenvalue weighted by Crippen LogP contribution is -2.35. The molecule has 74 valence electrons. The third-order valence-corrected chi connectivity index (χ3v) is 2.34. The molecular formula is C9H12N4O. The number of Topliss-reactive ketones (excluding diaryl/α,β-unsaturated/α-hetero) is 1. The lowest BCUT2D eigenvalue weighted by molar-refractivity contribution is -0.121. The van der Waals surface area contributed by atoms with E-state index in [1.165, 1.54) is 0 Å². The number of hydrogen-bond donors (Lipinski definition) is 2. The van der Waals surface area contributed by atoms with Crippen LogP contribution in [-0.4, -0.2) is 28.8 Å². The first kappa shape index (κ1) is 9.08. The van der Waals surface area contributed by atoms with E-state index in [0.29, 0.717) is 13.0 Å². The van der Waals surface area contributed by atoms with E-state index in [1.807, 2.05) is 0 Å². The summed E-state index contributed by atoms with van der Waals surface area (Å²) in [5.74, 6) is 0.289. The van der Waals surface area contributed by atoms with Gasteiger partial charge in [0.05, 0.1) is 11.6 Å². The van der Waals surface area contributed by atoms with Crippen LogP contribution in [0.1, 0.15) is 18.0 Å². The fraction of sp³-hybridized carbons (Fsp3) is 0.444. The van der Waals surface area contributed by atoms with E-state index < -0.39 is 0 Å². The van der Waals surface area contributed by atoms with Gasteiger partial charge in [0.25, 0.3) is 0 Å². The highest BCUT2D eigenvalue weighted by atomic mass is 16.1. The van der Waals surface area contributed by atoms with Crippen LogP contribution in [0.25, 0.3) is 0 Å². The number of nitrogens with two attached hydrogens (primary N) is 1. The smallest absolute Gasteiger partial charge is 0.220 e. The highest BCUT2D eigenvalue weighted by Crippen LogP contribution is 2.17. The van der Waals surface area contributed by atoms with Gasteiger partial charge >= 0.3 is 0 Å². The predicted octanol–water partition coefficient (Wildman–Crippen LogP) is -0.295. The standard InChI is InChI=1S/C9H12N4O/c10-9-12-4-1-7(13-9)6-5-11-3-2-8(6)14/h1,4,6,11H,2-3,5H2,(H2,10,12,13). The van der Waals surface area contributed by atoms with Crippen molar-refractivity contribution >= 4 is 11.7 Å². The van der Waals surface area contributed by atoms with Crippen molar-refractivity contribution in [1.82, 2.24) is 15.3 Å². The summed E-state index contributed by atoms with van der Waals surface area (Å²) in [5.41, 5.74) is 6.17. The minimum atomic E-state index is -0.158. The van der Waals surface area contributed by atoms with Crippen LogP contribution in [0.3, 0.4) is 0 Å². The van der Waals surface area contributed by atoms with Crippen LogP contribution in [0.2, 0.25) is 0 Å². The summed E-state index contributed by atoms with van der Waals surface area (Å²) >= 11 is 0. The summed E-state index contributed by atoms with van der Waals surface area (Å²) in [5, 5.41) is 3.16. The van der Waals surface area contributed by atoms with Crippen molar-refractivity contribution in [3.05, 3.63) is 18.0 Å². The molecule has 1 aromatic heterocycles. The molecule has 1 aliphatic rings. The molecule has 1 saturated heterocycles. The average molecular weight is 192 g/mol. The van der Waals surface area contributed by atoms with E-state index >= 15 is 0 Å². The van der Waals surface area contributed by atoms with Gasteiger partial charge in [0.2, 0.25) is 5.95 Å². The maximum absolute atomic E-state index is 11.6. The zero-order valence-electron chi connectivity index (χ0n) is 7.73. The van der Waals surface area contributed by atoms with Crippen molar-refractivity contribution in [1.29, 1.82) is 0 Å². The van der Waals surface area contributed by atoms with E-state index in [-0.39, 0.29) is 17.6 Å². The molecule has 1 fully saturated rings. The quantitative estimate of drug-likeness (QED) is 0.638. The number of nitrogen functional groups attached to an aromatic ring is 1. The molecule has 2 heterocycles. The summed E-state index contributed by atoms with van der Waals surface area (Å²) in [4.78, 5) is 19.4. The van der Waals surface area contributed by atoms with Gasteiger partial charge in [-0.05, 0) is 6.07 Å². The van der Waals surface area contributed by atoms with Crippen LogP contribution < -0.4 is 11.1 Å². The second-order valence-corrected chi connectivity index (χ2v) is 3.31. The van der Waals surface area contributed by atoms with Crippen molar-refractivity contribution in [2.75, 3.05) is 18.8 Å². The van der Waals surface area contributed by atoms with Gasteiger partial charge in [0.15, 0.2) is 0 Å². The van der Waals surface area contributed by atoms with Gasteiger partial charge in [0.1, 0.15) is 5.78 Å². The van der Waals surface area contributed by atoms with Crippen molar-refractivity contribution in [3.63, 3.8) is 0 Å². The van der Waals surface area contributed by atoms with Crippen molar-refractivity contribution < 1.29 is 4.79 Å². The van der Waals surface area contributed by atoms with E-state index in [0.717, 1.165) is 12.2 Å². The zero-order valence-corrected chi connectivity index (χ0v) is 7.73. The second-order valence-electron chi connectivity index (χ2n) is 3.31. The molecule has 5 heteroatoms. The first-order valence-corrected chi connectivity index (χ1v) is 4.59. The Kier molecular flexibility index (Phi) is 2.41. The Bertz CT molecular complexity index is 352. The van der Waals surface area contributed by atoms with Gasteiger partial charge in [-0.3, -0.25) is 4.79 Å². The molecule has 0 saturated carbocycles. The monoisotopic (exact) mass is 192 g/mol. The van der Waals surface area contributed by atoms with E-state index in [1.54, 1.807) is 12.3 Å². The molecule has 1 aromatic rings. The van der Waals surface area contributed by atoms with Gasteiger partial charge in [-0.25, -0.2) is 9.97 Å². The maximum atomic E-state index is 11.6. The number of carbonyl (C=O) groups excluding carboxylic acids is 1. The summed E-state index contributed by atoms with van der Waals surface area (Å²) in [6, 6.07) is 1.74. The van der Waals surface area contributed by atoms with E-state index in [2.05, 4.69) is 15.3 Å². The molecule has 0 spiro atoms. The molecule has 0 radical (unpaired) electrons. The maximum Gasteiger partial charge on any atom is 0.220 e. The Morgan fingerprint density at radius 3 is 3.14 bits per heavy atom. The number of piperidine rings is 1. The van der Waals surface area contributed by atoms with Crippen LogP contribution in [-0.2, 0) is 4.79 Å². The fourth-order valence-corrected chi connectivity index (χ4v) is 1.60. The van der Waals surface area contributed by atoms with Crippen LogP contribution in [0.15, 0.2) is 12.3 Å². The molecule has 14 heavy (non-hydrogen) atoms. The molecule has 1 aliphatic heterocycles. The van der Waals surface area contributed by atoms with E-state index in [9.17, 15) is 4.79 Å². The van der Waals surface area contributed by atoms with Crippen LogP contribution in [0.4, 0.5) is 5.95 Å². The van der Waals surface area contributed by atoms with Crippen LogP contribution in [0.5, 0.6) is 0 Å². The molecule has 0 amide bonds. The summed E-state index contributed by atoms with van der Waals surface area (Å²) in [6.07, 6.45) is 2.15. The Hall–Kier alpha value is -1.49. The molecule has 1 atom stereocenters. The first-order valence-electron chi connectivity index (χ1n) is 4.59. The van der Waals surface area contributed by atoms with Gasteiger partial charge in [-0.15, -0.1) is 0 Å². The summed E-state index contributed by atoms with van der Waals surface area (Å²) < 4.78 is 0. The lowest BCUT2D eigenvalue weighted by atomic mass is 9.94. The Balaban J connectivity index is 2.24. The average Bonchev–Trinajstić information content (AvgIpc) is 2.18. The molecule has 5 nitrogen and oxygen atoms in total. The third-order valence-electron chi connectivity index (χ3n) is 2.34. The molecule has 0 aliphatic carbocycles. The van der Waals surface area contributed by atoms with Crippen molar-refractivity contribution in [3.8, 4) is 0 Å². The number of ketones is 1. The SMILES string of the molecule is Nc1nccc(C2CNCCC2=O)n1. The van der Waals surface area contributed by atoms with Gasteiger partial charge < -0.3 is 11.1 Å². The largest absolute Gasteiger partial charge is 0.368 e. The molecule has 2 rings (SSSR count). The summed E-state index contributed by atoms with van der Waals surface area (Å²) in [7, 11) is 0. The fourth-order valence-electron chi connectivity index (χ4n) is 1.60. The first-order chi connectivity index (χ1) is 6.77. The van der Waals surface area contributed by atoms with Crippen molar-refractivity contribution in [2.24, 2.45) is 0 Å². The highest BCUT2D eigenvalue weighted by Gasteiger charge is 2.24. The number of carbonyl (C=O) groups is 1. The van der Waals surface area contributed by atoms with Gasteiger partial charge in [-0.1, -0.05) is 0 Å². The number of nitrogens with zero attached hydrogens (tertiary/aromatic N) is 2. The Morgan fingerprint density at radius 1 is 1.57 bits per heavy atom. The van der Waals surface area contributed by atoms with Crippen LogP contribution in [0, 0.1) is 0 Å². The van der Waals surface area contributed by atoms with Gasteiger partial charge in [0, 0.05) is 25.7 Å². The second kappa shape index (κ2) is 3.71. The molecule has 0 bridgehead atoms. The molecule has 3 N–H and O–H groups in total. The highest BCUT2D eigenvalue weighted by molar-refractivity contribution is 5.86. The van der Waals surface area contributed by atoms with Gasteiger partial charge in [-0.2, -0.15) is 0 Å². The number of nitrogens with one attached hydrogen (secondary N) is 1. The Labute approximate surface area is 81.7 Å². The number of rotatable bonds is 1. The molecule has 1 unspecified atom stereocenters. The number of aromatic nitrogens is 2. The van der Waals surface area contributed by atoms with E-state index in [4.69, 9.17) is 5.73 Å². The molecule has 0 aromatic carbocycles. The topological polar surface area (TPSA) is 80.9 Å². The van der Waals surface area contributed by atoms with Crippen molar-refractivity contribution in [2.45, 2.75) is 12.3 Å².